The van der Waals surface area contributed by atoms with Crippen LogP contribution in [0, 0.1) is 5.41 Å². The molecule has 5 heteroatoms. The summed E-state index contributed by atoms with van der Waals surface area (Å²) in [6.07, 6.45) is -2.69. The lowest BCUT2D eigenvalue weighted by atomic mass is 9.87. The summed E-state index contributed by atoms with van der Waals surface area (Å²) in [7, 11) is 1.47. The van der Waals surface area contributed by atoms with Crippen molar-refractivity contribution >= 4 is 0 Å². The van der Waals surface area contributed by atoms with Crippen LogP contribution in [-0.4, -0.2) is 37.3 Å². The summed E-state index contributed by atoms with van der Waals surface area (Å²) in [4.78, 5) is 1.27. The van der Waals surface area contributed by atoms with Gasteiger partial charge in [-0.25, -0.2) is 0 Å². The molecular weight excluding hydrogens is 217 g/mol. The van der Waals surface area contributed by atoms with Gasteiger partial charge in [0.05, 0.1) is 6.54 Å². The van der Waals surface area contributed by atoms with Gasteiger partial charge in [0.25, 0.3) is 0 Å². The van der Waals surface area contributed by atoms with Crippen molar-refractivity contribution in [3.63, 3.8) is 0 Å². The average Bonchev–Trinajstić information content (AvgIpc) is 1.94. The molecule has 0 fully saturated rings. The van der Waals surface area contributed by atoms with Gasteiger partial charge < -0.3 is 5.73 Å². The molecule has 0 aliphatic heterocycles. The van der Waals surface area contributed by atoms with E-state index in [1.54, 1.807) is 0 Å². The first-order valence-corrected chi connectivity index (χ1v) is 5.50. The van der Waals surface area contributed by atoms with Crippen LogP contribution in [0.25, 0.3) is 0 Å². The molecule has 98 valence electrons. The fourth-order valence-electron chi connectivity index (χ4n) is 1.66. The second kappa shape index (κ2) is 5.87. The van der Waals surface area contributed by atoms with E-state index in [0.29, 0.717) is 13.0 Å². The van der Waals surface area contributed by atoms with Crippen molar-refractivity contribution in [2.24, 2.45) is 11.1 Å². The van der Waals surface area contributed by atoms with Crippen molar-refractivity contribution in [2.75, 3.05) is 20.1 Å². The molecule has 0 bridgehead atoms. The van der Waals surface area contributed by atoms with Gasteiger partial charge in [-0.05, 0) is 31.8 Å². The van der Waals surface area contributed by atoms with Gasteiger partial charge in [-0.15, -0.1) is 0 Å². The molecule has 0 rings (SSSR count). The lowest BCUT2D eigenvalue weighted by Crippen LogP contribution is -2.35. The Hall–Kier alpha value is -0.290. The molecule has 1 atom stereocenters. The van der Waals surface area contributed by atoms with Crippen molar-refractivity contribution in [2.45, 2.75) is 45.8 Å². The van der Waals surface area contributed by atoms with Crippen LogP contribution in [0.4, 0.5) is 13.2 Å². The van der Waals surface area contributed by atoms with Crippen LogP contribution >= 0.6 is 0 Å². The summed E-state index contributed by atoms with van der Waals surface area (Å²) >= 11 is 0. The number of nitrogens with two attached hydrogens (primary N) is 1. The van der Waals surface area contributed by atoms with Crippen LogP contribution in [0.3, 0.4) is 0 Å². The zero-order valence-electron chi connectivity index (χ0n) is 10.6. The van der Waals surface area contributed by atoms with E-state index in [2.05, 4.69) is 20.8 Å². The predicted molar refractivity (Wildman–Crippen MR) is 60.2 cm³/mol. The van der Waals surface area contributed by atoms with E-state index in [0.717, 1.165) is 6.42 Å². The third-order valence-electron chi connectivity index (χ3n) is 2.21. The van der Waals surface area contributed by atoms with Gasteiger partial charge in [0.2, 0.25) is 0 Å². The Morgan fingerprint density at radius 2 is 1.69 bits per heavy atom. The Labute approximate surface area is 96.0 Å². The van der Waals surface area contributed by atoms with E-state index in [1.165, 1.54) is 11.9 Å². The van der Waals surface area contributed by atoms with Gasteiger partial charge in [0.15, 0.2) is 0 Å². The van der Waals surface area contributed by atoms with Gasteiger partial charge in [0.1, 0.15) is 0 Å². The van der Waals surface area contributed by atoms with E-state index in [-0.39, 0.29) is 11.5 Å². The third kappa shape index (κ3) is 10.2. The number of alkyl halides is 3. The molecule has 0 aliphatic carbocycles. The van der Waals surface area contributed by atoms with Gasteiger partial charge in [-0.2, -0.15) is 13.2 Å². The Bertz CT molecular complexity index is 174. The molecule has 0 radical (unpaired) electrons. The molecular formula is C11H23F3N2. The van der Waals surface area contributed by atoms with E-state index in [9.17, 15) is 13.2 Å². The molecule has 16 heavy (non-hydrogen) atoms. The average molecular weight is 240 g/mol. The first-order valence-electron chi connectivity index (χ1n) is 5.50. The highest BCUT2D eigenvalue weighted by molar-refractivity contribution is 4.73. The zero-order chi connectivity index (χ0) is 13.0. The van der Waals surface area contributed by atoms with E-state index in [4.69, 9.17) is 5.73 Å². The first-order chi connectivity index (χ1) is 6.99. The maximum Gasteiger partial charge on any atom is 0.401 e. The number of halogens is 3. The fourth-order valence-corrected chi connectivity index (χ4v) is 1.66. The Morgan fingerprint density at radius 1 is 1.19 bits per heavy atom. The number of hydrogen-bond donors (Lipinski definition) is 1. The highest BCUT2D eigenvalue weighted by Gasteiger charge is 2.29. The number of hydrogen-bond acceptors (Lipinski definition) is 2. The van der Waals surface area contributed by atoms with E-state index < -0.39 is 12.7 Å². The Balaban J connectivity index is 3.80. The Morgan fingerprint density at radius 3 is 2.06 bits per heavy atom. The molecule has 1 unspecified atom stereocenters. The third-order valence-corrected chi connectivity index (χ3v) is 2.21. The normalized spacial score (nSPS) is 15.6. The van der Waals surface area contributed by atoms with Gasteiger partial charge in [-0.1, -0.05) is 20.8 Å². The molecule has 2 nitrogen and oxygen atoms in total. The number of rotatable bonds is 5. The highest BCUT2D eigenvalue weighted by Crippen LogP contribution is 2.21. The van der Waals surface area contributed by atoms with E-state index in [1.807, 2.05) is 0 Å². The molecule has 0 aromatic carbocycles. The molecule has 0 amide bonds. The monoisotopic (exact) mass is 240 g/mol. The van der Waals surface area contributed by atoms with Crippen molar-refractivity contribution in [3.05, 3.63) is 0 Å². The minimum absolute atomic E-state index is 0.0318. The summed E-state index contributed by atoms with van der Waals surface area (Å²) in [5, 5.41) is 0. The van der Waals surface area contributed by atoms with Crippen molar-refractivity contribution < 1.29 is 13.2 Å². The molecule has 0 aromatic heterocycles. The van der Waals surface area contributed by atoms with Gasteiger partial charge in [0, 0.05) is 6.04 Å². The topological polar surface area (TPSA) is 29.3 Å². The summed E-state index contributed by atoms with van der Waals surface area (Å²) < 4.78 is 36.1. The second-order valence-corrected chi connectivity index (χ2v) is 5.67. The van der Waals surface area contributed by atoms with Gasteiger partial charge in [-0.3, -0.25) is 4.90 Å². The lowest BCUT2D eigenvalue weighted by Gasteiger charge is -2.25. The van der Waals surface area contributed by atoms with E-state index >= 15 is 0 Å². The predicted octanol–water partition coefficient (Wildman–Crippen LogP) is 2.63. The number of nitrogens with zero attached hydrogens (tertiary/aromatic N) is 1. The standard InChI is InChI=1S/C11H23F3N2/c1-10(2,3)7-9(15)5-6-16(4)8-11(12,13)14/h9H,5-8,15H2,1-4H3. The summed E-state index contributed by atoms with van der Waals surface area (Å²) in [6, 6.07) is -0.0318. The summed E-state index contributed by atoms with van der Waals surface area (Å²) in [5.41, 5.74) is 5.99. The van der Waals surface area contributed by atoms with Crippen molar-refractivity contribution in [1.29, 1.82) is 0 Å². The van der Waals surface area contributed by atoms with Crippen molar-refractivity contribution in [3.8, 4) is 0 Å². The molecule has 0 aromatic rings. The molecule has 0 heterocycles. The summed E-state index contributed by atoms with van der Waals surface area (Å²) in [6.45, 7) is 5.75. The molecule has 0 aliphatic rings. The van der Waals surface area contributed by atoms with Crippen LogP contribution in [0.1, 0.15) is 33.6 Å². The largest absolute Gasteiger partial charge is 0.401 e. The highest BCUT2D eigenvalue weighted by atomic mass is 19.4. The smallest absolute Gasteiger partial charge is 0.328 e. The van der Waals surface area contributed by atoms with Crippen LogP contribution < -0.4 is 5.73 Å². The lowest BCUT2D eigenvalue weighted by molar-refractivity contribution is -0.143. The first kappa shape index (κ1) is 15.7. The minimum Gasteiger partial charge on any atom is -0.328 e. The fraction of sp³-hybridized carbons (Fsp3) is 1.00. The quantitative estimate of drug-likeness (QED) is 0.800. The minimum atomic E-state index is -4.12. The summed E-state index contributed by atoms with van der Waals surface area (Å²) in [5.74, 6) is 0. The molecule has 0 saturated carbocycles. The molecule has 2 N–H and O–H groups in total. The van der Waals surface area contributed by atoms with Crippen LogP contribution in [0.15, 0.2) is 0 Å². The maximum atomic E-state index is 12.0. The van der Waals surface area contributed by atoms with Crippen molar-refractivity contribution in [1.82, 2.24) is 4.90 Å². The molecule has 0 spiro atoms. The second-order valence-electron chi connectivity index (χ2n) is 5.67. The van der Waals surface area contributed by atoms with Crippen LogP contribution in [0.5, 0.6) is 0 Å². The molecule has 0 saturated heterocycles. The SMILES string of the molecule is CN(CCC(N)CC(C)(C)C)CC(F)(F)F. The zero-order valence-corrected chi connectivity index (χ0v) is 10.6. The maximum absolute atomic E-state index is 12.0. The Kier molecular flexibility index (Phi) is 5.76. The van der Waals surface area contributed by atoms with Gasteiger partial charge >= 0.3 is 6.18 Å². The van der Waals surface area contributed by atoms with Crippen LogP contribution in [-0.2, 0) is 0 Å². The van der Waals surface area contributed by atoms with Crippen LogP contribution in [0.2, 0.25) is 0 Å².